The monoisotopic (exact) mass is 422 g/mol. The standard InChI is InChI=1S/C15H19ClN2O6S2/c16-13-2-1-11(15(19)17-12-3-8-25(20,21)10-12)9-14(13)26(22,23)18-4-6-24-7-5-18/h1-2,9,12H,3-8,10H2,(H,17,19)/t12-/m0/s1. The van der Waals surface area contributed by atoms with E-state index in [-0.39, 0.29) is 40.1 Å². The average Bonchev–Trinajstić information content (AvgIpc) is 2.94. The topological polar surface area (TPSA) is 110 Å². The minimum absolute atomic E-state index is 0.0245. The molecular formula is C15H19ClN2O6S2. The van der Waals surface area contributed by atoms with Crippen molar-refractivity contribution in [1.82, 2.24) is 9.62 Å². The molecule has 0 bridgehead atoms. The van der Waals surface area contributed by atoms with E-state index in [2.05, 4.69) is 5.32 Å². The summed E-state index contributed by atoms with van der Waals surface area (Å²) in [7, 11) is -6.98. The highest BCUT2D eigenvalue weighted by Gasteiger charge is 2.31. The van der Waals surface area contributed by atoms with Crippen LogP contribution >= 0.6 is 11.6 Å². The van der Waals surface area contributed by atoms with Crippen molar-refractivity contribution >= 4 is 37.4 Å². The molecule has 26 heavy (non-hydrogen) atoms. The van der Waals surface area contributed by atoms with Gasteiger partial charge in [-0.1, -0.05) is 11.6 Å². The minimum atomic E-state index is -3.85. The predicted molar refractivity (Wildman–Crippen MR) is 95.6 cm³/mol. The molecule has 0 saturated carbocycles. The number of amides is 1. The third kappa shape index (κ3) is 4.20. The molecule has 1 atom stereocenters. The van der Waals surface area contributed by atoms with Gasteiger partial charge in [-0.2, -0.15) is 4.31 Å². The summed E-state index contributed by atoms with van der Waals surface area (Å²) in [4.78, 5) is 12.3. The Morgan fingerprint density at radius 3 is 2.58 bits per heavy atom. The van der Waals surface area contributed by atoms with Gasteiger partial charge in [0.05, 0.1) is 29.7 Å². The summed E-state index contributed by atoms with van der Waals surface area (Å²) in [6.07, 6.45) is 0.348. The van der Waals surface area contributed by atoms with Gasteiger partial charge >= 0.3 is 0 Å². The number of carbonyl (C=O) groups is 1. The number of ether oxygens (including phenoxy) is 1. The second kappa shape index (κ2) is 7.43. The minimum Gasteiger partial charge on any atom is -0.379 e. The largest absolute Gasteiger partial charge is 0.379 e. The molecule has 0 spiro atoms. The van der Waals surface area contributed by atoms with Gasteiger partial charge in [0.15, 0.2) is 9.84 Å². The zero-order chi connectivity index (χ0) is 18.9. The molecule has 2 fully saturated rings. The number of nitrogens with zero attached hydrogens (tertiary/aromatic N) is 1. The van der Waals surface area contributed by atoms with E-state index in [0.717, 1.165) is 0 Å². The van der Waals surface area contributed by atoms with E-state index in [4.69, 9.17) is 16.3 Å². The van der Waals surface area contributed by atoms with Crippen LogP contribution in [-0.4, -0.2) is 70.9 Å². The quantitative estimate of drug-likeness (QED) is 0.746. The predicted octanol–water partition coefficient (Wildman–Crippen LogP) is 0.278. The van der Waals surface area contributed by atoms with Crippen molar-refractivity contribution in [2.75, 3.05) is 37.8 Å². The van der Waals surface area contributed by atoms with Gasteiger partial charge in [0.2, 0.25) is 10.0 Å². The van der Waals surface area contributed by atoms with Crippen LogP contribution in [0.2, 0.25) is 5.02 Å². The maximum atomic E-state index is 12.8. The van der Waals surface area contributed by atoms with Gasteiger partial charge in [0.25, 0.3) is 5.91 Å². The highest BCUT2D eigenvalue weighted by atomic mass is 35.5. The SMILES string of the molecule is O=C(N[C@H]1CCS(=O)(=O)C1)c1ccc(Cl)c(S(=O)(=O)N2CCOCC2)c1. The molecule has 0 unspecified atom stereocenters. The molecule has 144 valence electrons. The van der Waals surface area contributed by atoms with E-state index < -0.39 is 31.8 Å². The van der Waals surface area contributed by atoms with Crippen molar-refractivity contribution in [3.8, 4) is 0 Å². The summed E-state index contributed by atoms with van der Waals surface area (Å²) >= 11 is 6.06. The molecule has 0 aliphatic carbocycles. The molecule has 1 N–H and O–H groups in total. The van der Waals surface area contributed by atoms with Gasteiger partial charge in [0, 0.05) is 24.7 Å². The third-order valence-electron chi connectivity index (χ3n) is 4.35. The van der Waals surface area contributed by atoms with Gasteiger partial charge in [0.1, 0.15) is 4.90 Å². The van der Waals surface area contributed by atoms with Crippen LogP contribution in [0.3, 0.4) is 0 Å². The van der Waals surface area contributed by atoms with Gasteiger partial charge < -0.3 is 10.1 Å². The van der Waals surface area contributed by atoms with Crippen LogP contribution in [-0.2, 0) is 24.6 Å². The number of rotatable bonds is 4. The summed E-state index contributed by atoms with van der Waals surface area (Å²) in [6.45, 7) is 1.03. The van der Waals surface area contributed by atoms with Gasteiger partial charge in [-0.25, -0.2) is 16.8 Å². The van der Waals surface area contributed by atoms with Crippen LogP contribution in [0.15, 0.2) is 23.1 Å². The molecule has 1 aromatic carbocycles. The van der Waals surface area contributed by atoms with Crippen LogP contribution in [0.1, 0.15) is 16.8 Å². The van der Waals surface area contributed by atoms with Crippen molar-refractivity contribution in [1.29, 1.82) is 0 Å². The lowest BCUT2D eigenvalue weighted by Crippen LogP contribution is -2.41. The van der Waals surface area contributed by atoms with E-state index in [9.17, 15) is 21.6 Å². The lowest BCUT2D eigenvalue weighted by atomic mass is 10.2. The Morgan fingerprint density at radius 1 is 1.27 bits per heavy atom. The molecule has 0 radical (unpaired) electrons. The van der Waals surface area contributed by atoms with Gasteiger partial charge in [-0.15, -0.1) is 0 Å². The smallest absolute Gasteiger partial charge is 0.251 e. The zero-order valence-corrected chi connectivity index (χ0v) is 16.2. The fourth-order valence-electron chi connectivity index (χ4n) is 2.95. The highest BCUT2D eigenvalue weighted by Crippen LogP contribution is 2.26. The Kier molecular flexibility index (Phi) is 5.59. The van der Waals surface area contributed by atoms with Crippen LogP contribution < -0.4 is 5.32 Å². The fourth-order valence-corrected chi connectivity index (χ4v) is 6.53. The van der Waals surface area contributed by atoms with Crippen molar-refractivity contribution in [3.63, 3.8) is 0 Å². The van der Waals surface area contributed by atoms with Crippen molar-refractivity contribution in [2.45, 2.75) is 17.4 Å². The van der Waals surface area contributed by atoms with Crippen LogP contribution in [0.5, 0.6) is 0 Å². The summed E-state index contributed by atoms with van der Waals surface area (Å²) in [5.41, 5.74) is 0.116. The summed E-state index contributed by atoms with van der Waals surface area (Å²) in [5, 5.41) is 2.66. The van der Waals surface area contributed by atoms with Crippen LogP contribution in [0, 0.1) is 0 Å². The molecule has 11 heteroatoms. The zero-order valence-electron chi connectivity index (χ0n) is 13.9. The number of sulfonamides is 1. The third-order valence-corrected chi connectivity index (χ3v) is 8.50. The Morgan fingerprint density at radius 2 is 1.96 bits per heavy atom. The number of halogens is 1. The lowest BCUT2D eigenvalue weighted by Gasteiger charge is -2.26. The molecule has 0 aromatic heterocycles. The fraction of sp³-hybridized carbons (Fsp3) is 0.533. The van der Waals surface area contributed by atoms with E-state index >= 15 is 0 Å². The maximum absolute atomic E-state index is 12.8. The molecule has 2 aliphatic heterocycles. The number of nitrogens with one attached hydrogen (secondary N) is 1. The molecular weight excluding hydrogens is 404 g/mol. The first-order valence-corrected chi connectivity index (χ1v) is 11.7. The van der Waals surface area contributed by atoms with E-state index in [1.807, 2.05) is 0 Å². The van der Waals surface area contributed by atoms with Gasteiger partial charge in [-0.05, 0) is 24.6 Å². The number of hydrogen-bond donors (Lipinski definition) is 1. The van der Waals surface area contributed by atoms with Crippen molar-refractivity contribution < 1.29 is 26.4 Å². The Balaban J connectivity index is 1.82. The Hall–Kier alpha value is -1.20. The van der Waals surface area contributed by atoms with Crippen LogP contribution in [0.4, 0.5) is 0 Å². The maximum Gasteiger partial charge on any atom is 0.251 e. The first-order valence-electron chi connectivity index (χ1n) is 8.08. The van der Waals surface area contributed by atoms with Crippen molar-refractivity contribution in [2.24, 2.45) is 0 Å². The summed E-state index contributed by atoms with van der Waals surface area (Å²) in [5.74, 6) is -0.595. The summed E-state index contributed by atoms with van der Waals surface area (Å²) < 4.78 is 55.0. The number of benzene rings is 1. The average molecular weight is 423 g/mol. The molecule has 8 nitrogen and oxygen atoms in total. The van der Waals surface area contributed by atoms with Gasteiger partial charge in [-0.3, -0.25) is 4.79 Å². The van der Waals surface area contributed by atoms with E-state index in [1.165, 1.54) is 22.5 Å². The Bertz CT molecular complexity index is 910. The molecule has 1 amide bonds. The van der Waals surface area contributed by atoms with E-state index in [1.54, 1.807) is 0 Å². The second-order valence-corrected chi connectivity index (χ2v) is 10.8. The second-order valence-electron chi connectivity index (χ2n) is 6.24. The number of sulfone groups is 1. The first kappa shape index (κ1) is 19.6. The summed E-state index contributed by atoms with van der Waals surface area (Å²) in [6, 6.07) is 3.53. The van der Waals surface area contributed by atoms with E-state index in [0.29, 0.717) is 19.6 Å². The lowest BCUT2D eigenvalue weighted by molar-refractivity contribution is 0.0730. The first-order chi connectivity index (χ1) is 12.2. The number of carbonyl (C=O) groups excluding carboxylic acids is 1. The van der Waals surface area contributed by atoms with Crippen LogP contribution in [0.25, 0.3) is 0 Å². The molecule has 2 aliphatic rings. The molecule has 2 saturated heterocycles. The highest BCUT2D eigenvalue weighted by molar-refractivity contribution is 7.91. The Labute approximate surface area is 157 Å². The molecule has 2 heterocycles. The molecule has 1 aromatic rings. The normalized spacial score (nSPS) is 23.7. The number of morpholine rings is 1. The number of hydrogen-bond acceptors (Lipinski definition) is 6. The van der Waals surface area contributed by atoms with Crippen molar-refractivity contribution in [3.05, 3.63) is 28.8 Å². The molecule has 3 rings (SSSR count).